The Labute approximate surface area is 120 Å². The van der Waals surface area contributed by atoms with Crippen molar-refractivity contribution >= 4 is 11.6 Å². The molecule has 1 fully saturated rings. The maximum atomic E-state index is 12.3. The highest BCUT2D eigenvalue weighted by molar-refractivity contribution is 5.91. The van der Waals surface area contributed by atoms with Gasteiger partial charge in [0.15, 0.2) is 0 Å². The van der Waals surface area contributed by atoms with Crippen LogP contribution in [0.15, 0.2) is 47.6 Å². The molecule has 2 aliphatic rings. The molecule has 1 amide bonds. The van der Waals surface area contributed by atoms with Gasteiger partial charge in [-0.15, -0.1) is 0 Å². The van der Waals surface area contributed by atoms with Gasteiger partial charge in [-0.1, -0.05) is 42.8 Å². The molecule has 2 nitrogen and oxygen atoms in total. The predicted molar refractivity (Wildman–Crippen MR) is 81.9 cm³/mol. The highest BCUT2D eigenvalue weighted by Crippen LogP contribution is 2.37. The minimum atomic E-state index is 0.192. The predicted octanol–water partition coefficient (Wildman–Crippen LogP) is 4.15. The quantitative estimate of drug-likeness (QED) is 0.748. The molecule has 0 aromatic heterocycles. The zero-order valence-electron chi connectivity index (χ0n) is 12.1. The van der Waals surface area contributed by atoms with Gasteiger partial charge in [0.2, 0.25) is 5.91 Å². The van der Waals surface area contributed by atoms with Crippen LogP contribution < -0.4 is 0 Å². The molecule has 0 N–H and O–H groups in total. The topological polar surface area (TPSA) is 20.3 Å². The summed E-state index contributed by atoms with van der Waals surface area (Å²) in [6.07, 6.45) is 8.67. The zero-order chi connectivity index (χ0) is 13.9. The Hall–Kier alpha value is -1.83. The number of hydrogen-bond acceptors (Lipinski definition) is 1. The number of hydrogen-bond donors (Lipinski definition) is 0. The maximum Gasteiger partial charge on any atom is 0.230 e. The number of carbonyl (C=O) groups excluding carboxylic acids is 1. The van der Waals surface area contributed by atoms with Crippen LogP contribution in [-0.2, 0) is 4.79 Å². The molecule has 0 unspecified atom stereocenters. The van der Waals surface area contributed by atoms with Gasteiger partial charge >= 0.3 is 0 Å². The minimum Gasteiger partial charge on any atom is -0.314 e. The van der Waals surface area contributed by atoms with E-state index in [1.807, 2.05) is 30.1 Å². The minimum absolute atomic E-state index is 0.192. The number of rotatable bonds is 1. The van der Waals surface area contributed by atoms with Crippen LogP contribution in [0.2, 0.25) is 0 Å². The van der Waals surface area contributed by atoms with Gasteiger partial charge in [0, 0.05) is 13.5 Å². The van der Waals surface area contributed by atoms with Crippen molar-refractivity contribution in [3.63, 3.8) is 0 Å². The number of allylic oxidation sites excluding steroid dienone is 2. The molecule has 1 heterocycles. The molecule has 0 saturated heterocycles. The van der Waals surface area contributed by atoms with Crippen LogP contribution in [0.3, 0.4) is 0 Å². The third kappa shape index (κ3) is 2.43. The van der Waals surface area contributed by atoms with Gasteiger partial charge in [-0.2, -0.15) is 0 Å². The SMILES string of the molecule is CN1C(=O)CC=C2CCCCCC2=C1c1ccccc1. The van der Waals surface area contributed by atoms with Crippen molar-refractivity contribution in [1.82, 2.24) is 4.90 Å². The van der Waals surface area contributed by atoms with Crippen LogP contribution in [-0.4, -0.2) is 17.9 Å². The smallest absolute Gasteiger partial charge is 0.230 e. The molecule has 1 aliphatic carbocycles. The Bertz CT molecular complexity index is 568. The highest BCUT2D eigenvalue weighted by Gasteiger charge is 2.24. The Morgan fingerprint density at radius 2 is 1.75 bits per heavy atom. The van der Waals surface area contributed by atoms with E-state index in [0.717, 1.165) is 24.1 Å². The van der Waals surface area contributed by atoms with Gasteiger partial charge in [-0.05, 0) is 42.4 Å². The number of carbonyl (C=O) groups is 1. The van der Waals surface area contributed by atoms with Crippen molar-refractivity contribution in [2.24, 2.45) is 0 Å². The molecule has 0 radical (unpaired) electrons. The molecule has 2 heteroatoms. The van der Waals surface area contributed by atoms with Gasteiger partial charge in [-0.25, -0.2) is 0 Å². The molecule has 0 atom stereocenters. The van der Waals surface area contributed by atoms with Gasteiger partial charge in [0.1, 0.15) is 0 Å². The number of amides is 1. The summed E-state index contributed by atoms with van der Waals surface area (Å²) in [6, 6.07) is 10.3. The molecule has 20 heavy (non-hydrogen) atoms. The molecule has 3 rings (SSSR count). The second kappa shape index (κ2) is 5.66. The van der Waals surface area contributed by atoms with Crippen molar-refractivity contribution in [2.45, 2.75) is 38.5 Å². The lowest BCUT2D eigenvalue weighted by Gasteiger charge is -2.23. The monoisotopic (exact) mass is 267 g/mol. The van der Waals surface area contributed by atoms with Crippen molar-refractivity contribution in [2.75, 3.05) is 7.05 Å². The summed E-state index contributed by atoms with van der Waals surface area (Å²) in [4.78, 5) is 14.1. The first kappa shape index (κ1) is 13.2. The third-order valence-electron chi connectivity index (χ3n) is 4.33. The van der Waals surface area contributed by atoms with E-state index < -0.39 is 0 Å². The van der Waals surface area contributed by atoms with Crippen molar-refractivity contribution in [1.29, 1.82) is 0 Å². The van der Waals surface area contributed by atoms with Crippen LogP contribution in [0.25, 0.3) is 5.70 Å². The van der Waals surface area contributed by atoms with Gasteiger partial charge < -0.3 is 4.90 Å². The van der Waals surface area contributed by atoms with Crippen LogP contribution in [0.1, 0.15) is 44.1 Å². The summed E-state index contributed by atoms with van der Waals surface area (Å²) in [5, 5.41) is 0. The molecule has 1 aliphatic heterocycles. The van der Waals surface area contributed by atoms with E-state index in [1.54, 1.807) is 0 Å². The summed E-state index contributed by atoms with van der Waals surface area (Å²) in [5.74, 6) is 0.192. The molecule has 1 aromatic carbocycles. The van der Waals surface area contributed by atoms with Crippen LogP contribution in [0, 0.1) is 0 Å². The van der Waals surface area contributed by atoms with E-state index >= 15 is 0 Å². The van der Waals surface area contributed by atoms with Crippen LogP contribution >= 0.6 is 0 Å². The Morgan fingerprint density at radius 1 is 1.00 bits per heavy atom. The van der Waals surface area contributed by atoms with Crippen molar-refractivity contribution in [3.8, 4) is 0 Å². The largest absolute Gasteiger partial charge is 0.314 e. The fraction of sp³-hybridized carbons (Fsp3) is 0.389. The zero-order valence-corrected chi connectivity index (χ0v) is 12.1. The molecular formula is C18H21NO. The number of benzene rings is 1. The lowest BCUT2D eigenvalue weighted by atomic mass is 9.95. The lowest BCUT2D eigenvalue weighted by molar-refractivity contribution is -0.126. The number of fused-ring (bicyclic) bond motifs is 1. The molecule has 1 saturated carbocycles. The molecule has 0 spiro atoms. The van der Waals surface area contributed by atoms with Crippen LogP contribution in [0.4, 0.5) is 0 Å². The Kier molecular flexibility index (Phi) is 3.72. The molecule has 0 bridgehead atoms. The average molecular weight is 267 g/mol. The van der Waals surface area contributed by atoms with E-state index in [4.69, 9.17) is 0 Å². The van der Waals surface area contributed by atoms with E-state index in [-0.39, 0.29) is 5.91 Å². The van der Waals surface area contributed by atoms with E-state index in [0.29, 0.717) is 6.42 Å². The second-order valence-electron chi connectivity index (χ2n) is 5.64. The average Bonchev–Trinajstić information content (AvgIpc) is 2.76. The first-order chi connectivity index (χ1) is 9.77. The summed E-state index contributed by atoms with van der Waals surface area (Å²) in [6.45, 7) is 0. The Morgan fingerprint density at radius 3 is 2.55 bits per heavy atom. The summed E-state index contributed by atoms with van der Waals surface area (Å²) in [5.41, 5.74) is 5.08. The summed E-state index contributed by atoms with van der Waals surface area (Å²) in [7, 11) is 1.92. The van der Waals surface area contributed by atoms with E-state index in [9.17, 15) is 4.79 Å². The summed E-state index contributed by atoms with van der Waals surface area (Å²) >= 11 is 0. The fourth-order valence-electron chi connectivity index (χ4n) is 3.24. The van der Waals surface area contributed by atoms with Gasteiger partial charge in [0.25, 0.3) is 0 Å². The second-order valence-corrected chi connectivity index (χ2v) is 5.64. The molecule has 104 valence electrons. The lowest BCUT2D eigenvalue weighted by Crippen LogP contribution is -2.24. The maximum absolute atomic E-state index is 12.3. The Balaban J connectivity index is 2.16. The molecule has 1 aromatic rings. The highest BCUT2D eigenvalue weighted by atomic mass is 16.2. The first-order valence-electron chi connectivity index (χ1n) is 7.52. The first-order valence-corrected chi connectivity index (χ1v) is 7.52. The third-order valence-corrected chi connectivity index (χ3v) is 4.33. The normalized spacial score (nSPS) is 20.1. The van der Waals surface area contributed by atoms with Crippen molar-refractivity contribution < 1.29 is 4.79 Å². The molecular weight excluding hydrogens is 246 g/mol. The van der Waals surface area contributed by atoms with Crippen molar-refractivity contribution in [3.05, 3.63) is 53.1 Å². The van der Waals surface area contributed by atoms with Gasteiger partial charge in [-0.3, -0.25) is 4.79 Å². The fourth-order valence-corrected chi connectivity index (χ4v) is 3.24. The van der Waals surface area contributed by atoms with E-state index in [2.05, 4.69) is 18.2 Å². The van der Waals surface area contributed by atoms with E-state index in [1.165, 1.54) is 30.4 Å². The summed E-state index contributed by atoms with van der Waals surface area (Å²) < 4.78 is 0. The van der Waals surface area contributed by atoms with Gasteiger partial charge in [0.05, 0.1) is 5.70 Å². The number of nitrogens with zero attached hydrogens (tertiary/aromatic N) is 1. The van der Waals surface area contributed by atoms with Crippen LogP contribution in [0.5, 0.6) is 0 Å². The standard InChI is InChI=1S/C18H21NO/c1-19-17(20)13-12-14-8-4-3-7-11-16(14)18(19)15-9-5-2-6-10-15/h2,5-6,9-10,12H,3-4,7-8,11,13H2,1H3.